The van der Waals surface area contributed by atoms with Gasteiger partial charge in [-0.05, 0) is 75.3 Å². The number of aliphatic hydroxyl groups is 7. The normalized spacial score (nSPS) is 26.4. The molecule has 69 heavy (non-hydrogen) atoms. The van der Waals surface area contributed by atoms with E-state index >= 15 is 0 Å². The minimum Gasteiger partial charge on any atom is -0.496 e. The molecule has 0 saturated carbocycles. The molecule has 2 aliphatic heterocycles. The Morgan fingerprint density at radius 1 is 0.899 bits per heavy atom. The SMILES string of the molecule is C=C(CC(CC(O)C(C)C(O)CC(O)C(C)(C)C(O)C/C(C)=C/[C@H](O)[C@@H]1O[C@@H]2C[C@H](C)C[C@H](O)C/C(C)=C\C(O)CC(=O)O[C@H]1C2)OC(=O)CCCCCCCCCCC/C(Cl)=C\Br)/C(=C\Br)OC. The molecule has 2 rings (SSSR count). The van der Waals surface area contributed by atoms with Crippen molar-refractivity contribution in [2.45, 2.75) is 237 Å². The Hall–Kier alpha value is -1.63. The standard InChI is InChI=1S/C53H87Br2ClO13/c1-33-20-39(57)22-34(2)23-41-29-46(69-51(65)27-40(58)21-33)52(68-41)45(61)24-35(3)25-48(62)53(6,7)49(63)30-44(60)37(5)43(59)28-42(26-36(4)47(32-55)66-8)67-50(64)19-17-15-13-11-9-10-12-14-16-18-38(56)31-54/h21,24,31-32,34,37,39-46,48-49,52,57-63H,4,9-20,22-23,25-30H2,1-3,5-8H3/b33-21-,35-24+,38-31+,47-32+/t34-,37?,39-,40?,41-,42?,43?,44?,45+,46+,48?,49?,52+/m1/s1. The molecule has 16 heteroatoms. The summed E-state index contributed by atoms with van der Waals surface area (Å²) < 4.78 is 23.3. The third-order valence-corrected chi connectivity index (χ3v) is 15.3. The van der Waals surface area contributed by atoms with Crippen molar-refractivity contribution in [2.75, 3.05) is 7.11 Å². The lowest BCUT2D eigenvalue weighted by atomic mass is 9.75. The van der Waals surface area contributed by atoms with Gasteiger partial charge in [-0.1, -0.05) is 146 Å². The van der Waals surface area contributed by atoms with E-state index in [4.69, 9.17) is 30.5 Å². The van der Waals surface area contributed by atoms with Crippen molar-refractivity contribution in [3.05, 3.63) is 56.2 Å². The number of aliphatic hydroxyl groups excluding tert-OH is 7. The number of fused-ring (bicyclic) bond motifs is 2. The van der Waals surface area contributed by atoms with Crippen molar-refractivity contribution in [1.82, 2.24) is 0 Å². The van der Waals surface area contributed by atoms with Crippen molar-refractivity contribution >= 4 is 55.4 Å². The number of methoxy groups -OCH3 is 1. The predicted molar refractivity (Wildman–Crippen MR) is 278 cm³/mol. The highest BCUT2D eigenvalue weighted by molar-refractivity contribution is 9.11. The van der Waals surface area contributed by atoms with Crippen molar-refractivity contribution in [3.63, 3.8) is 0 Å². The Morgan fingerprint density at radius 2 is 1.49 bits per heavy atom. The molecule has 0 aromatic heterocycles. The Labute approximate surface area is 435 Å². The number of carbonyl (C=O) groups is 2. The van der Waals surface area contributed by atoms with Gasteiger partial charge in [0.05, 0.1) is 56.3 Å². The molecule has 398 valence electrons. The second-order valence-electron chi connectivity index (χ2n) is 20.6. The van der Waals surface area contributed by atoms with Gasteiger partial charge in [0.2, 0.25) is 0 Å². The Morgan fingerprint density at radius 3 is 2.09 bits per heavy atom. The largest absolute Gasteiger partial charge is 0.496 e. The van der Waals surface area contributed by atoms with Crippen LogP contribution in [0.3, 0.4) is 0 Å². The smallest absolute Gasteiger partial charge is 0.309 e. The molecule has 1 fully saturated rings. The molecule has 0 aromatic carbocycles. The lowest BCUT2D eigenvalue weighted by Crippen LogP contribution is -2.44. The first kappa shape index (κ1) is 63.5. The van der Waals surface area contributed by atoms with E-state index in [1.165, 1.54) is 20.0 Å². The van der Waals surface area contributed by atoms with E-state index in [1.54, 1.807) is 56.7 Å². The molecule has 2 heterocycles. The van der Waals surface area contributed by atoms with Crippen LogP contribution in [0.4, 0.5) is 0 Å². The second kappa shape index (κ2) is 33.2. The molecule has 0 spiro atoms. The molecule has 2 bridgehead atoms. The minimum absolute atomic E-state index is 0.00194. The average Bonchev–Trinajstić information content (AvgIpc) is 3.65. The fraction of sp³-hybridized carbons (Fsp3) is 0.774. The summed E-state index contributed by atoms with van der Waals surface area (Å²) in [5, 5.41) is 79.1. The van der Waals surface area contributed by atoms with Crippen molar-refractivity contribution in [1.29, 1.82) is 0 Å². The number of allylic oxidation sites excluding steroid dienone is 2. The number of hydrogen-bond acceptors (Lipinski definition) is 13. The number of esters is 2. The first-order valence-electron chi connectivity index (χ1n) is 25.1. The molecule has 7 unspecified atom stereocenters. The molecule has 2 aliphatic rings. The van der Waals surface area contributed by atoms with E-state index in [0.717, 1.165) is 55.6 Å². The maximum Gasteiger partial charge on any atom is 0.309 e. The third kappa shape index (κ3) is 24.3. The van der Waals surface area contributed by atoms with E-state index in [2.05, 4.69) is 38.4 Å². The summed E-state index contributed by atoms with van der Waals surface area (Å²) >= 11 is 12.6. The van der Waals surface area contributed by atoms with Gasteiger partial charge in [-0.25, -0.2) is 0 Å². The van der Waals surface area contributed by atoms with Crippen LogP contribution in [-0.2, 0) is 28.5 Å². The minimum atomic E-state index is -1.22. The van der Waals surface area contributed by atoms with Crippen LogP contribution in [0.5, 0.6) is 0 Å². The Balaban J connectivity index is 2.00. The van der Waals surface area contributed by atoms with Crippen LogP contribution in [0.25, 0.3) is 0 Å². The topological polar surface area (TPSA) is 213 Å². The molecule has 7 N–H and O–H groups in total. The van der Waals surface area contributed by atoms with E-state index in [-0.39, 0.29) is 56.5 Å². The highest BCUT2D eigenvalue weighted by Crippen LogP contribution is 2.36. The fourth-order valence-corrected chi connectivity index (χ4v) is 10.2. The lowest BCUT2D eigenvalue weighted by molar-refractivity contribution is -0.156. The number of carbonyl (C=O) groups excluding carboxylic acids is 2. The van der Waals surface area contributed by atoms with Crippen LogP contribution < -0.4 is 0 Å². The van der Waals surface area contributed by atoms with Crippen molar-refractivity contribution in [3.8, 4) is 0 Å². The predicted octanol–water partition coefficient (Wildman–Crippen LogP) is 10.0. The van der Waals surface area contributed by atoms with Crippen LogP contribution in [0.2, 0.25) is 0 Å². The third-order valence-electron chi connectivity index (χ3n) is 13.8. The molecule has 1 saturated heterocycles. The summed E-state index contributed by atoms with van der Waals surface area (Å²) in [7, 11) is 1.50. The lowest BCUT2D eigenvalue weighted by Gasteiger charge is -2.38. The molecular weight excluding hydrogens is 1040 g/mol. The number of unbranched alkanes of at least 4 members (excludes halogenated alkanes) is 8. The fourth-order valence-electron chi connectivity index (χ4n) is 9.28. The van der Waals surface area contributed by atoms with Crippen LogP contribution in [0.15, 0.2) is 56.2 Å². The summed E-state index contributed by atoms with van der Waals surface area (Å²) in [6, 6.07) is 0. The summed E-state index contributed by atoms with van der Waals surface area (Å²) in [6.45, 7) is 14.6. The Kier molecular flexibility index (Phi) is 30.6. The van der Waals surface area contributed by atoms with Crippen LogP contribution in [0, 0.1) is 17.3 Å². The summed E-state index contributed by atoms with van der Waals surface area (Å²) in [5.74, 6) is -1.24. The highest BCUT2D eigenvalue weighted by atomic mass is 79.9. The number of ether oxygens (including phenoxy) is 4. The van der Waals surface area contributed by atoms with E-state index in [0.29, 0.717) is 49.0 Å². The zero-order valence-electron chi connectivity index (χ0n) is 42.4. The van der Waals surface area contributed by atoms with Crippen LogP contribution in [0.1, 0.15) is 170 Å². The van der Waals surface area contributed by atoms with E-state index < -0.39 is 78.3 Å². The van der Waals surface area contributed by atoms with Gasteiger partial charge in [-0.2, -0.15) is 0 Å². The zero-order chi connectivity index (χ0) is 51.8. The molecule has 0 amide bonds. The molecule has 13 nitrogen and oxygen atoms in total. The first-order chi connectivity index (χ1) is 32.5. The van der Waals surface area contributed by atoms with Crippen LogP contribution >= 0.6 is 43.5 Å². The van der Waals surface area contributed by atoms with Gasteiger partial charge in [0.15, 0.2) is 0 Å². The molecule has 0 radical (unpaired) electrons. The molecule has 13 atom stereocenters. The van der Waals surface area contributed by atoms with E-state index in [1.807, 2.05) is 6.92 Å². The van der Waals surface area contributed by atoms with Gasteiger partial charge in [0.1, 0.15) is 30.2 Å². The van der Waals surface area contributed by atoms with Gasteiger partial charge >= 0.3 is 11.9 Å². The van der Waals surface area contributed by atoms with E-state index in [9.17, 15) is 45.3 Å². The van der Waals surface area contributed by atoms with Gasteiger partial charge in [-0.3, -0.25) is 9.59 Å². The summed E-state index contributed by atoms with van der Waals surface area (Å²) in [5.41, 5.74) is 0.771. The van der Waals surface area contributed by atoms with Gasteiger partial charge in [0.25, 0.3) is 0 Å². The average molecular weight is 1130 g/mol. The number of hydrogen-bond donors (Lipinski definition) is 7. The summed E-state index contributed by atoms with van der Waals surface area (Å²) in [4.78, 5) is 29.3. The molecule has 0 aliphatic carbocycles. The zero-order valence-corrected chi connectivity index (χ0v) is 46.3. The van der Waals surface area contributed by atoms with Crippen molar-refractivity contribution < 1.29 is 64.3 Å². The summed E-state index contributed by atoms with van der Waals surface area (Å²) in [6.07, 6.45) is 4.92. The quantitative estimate of drug-likeness (QED) is 0.0122. The van der Waals surface area contributed by atoms with Gasteiger partial charge < -0.3 is 54.7 Å². The van der Waals surface area contributed by atoms with Crippen molar-refractivity contribution in [2.24, 2.45) is 17.3 Å². The molecular formula is C53H87Br2ClO13. The highest BCUT2D eigenvalue weighted by Gasteiger charge is 2.43. The Bertz CT molecular complexity index is 1670. The number of rotatable bonds is 29. The monoisotopic (exact) mass is 1120 g/mol. The maximum atomic E-state index is 13.1. The second-order valence-corrected chi connectivity index (χ2v) is 22.0. The first-order valence-corrected chi connectivity index (χ1v) is 27.3. The maximum absolute atomic E-state index is 13.1. The number of halogens is 3. The van der Waals surface area contributed by atoms with Gasteiger partial charge in [0, 0.05) is 53.5 Å². The molecule has 0 aromatic rings. The van der Waals surface area contributed by atoms with Gasteiger partial charge in [-0.15, -0.1) is 0 Å². The van der Waals surface area contributed by atoms with Crippen LogP contribution in [-0.4, -0.2) is 122 Å².